The van der Waals surface area contributed by atoms with Gasteiger partial charge in [-0.3, -0.25) is 4.79 Å². The van der Waals surface area contributed by atoms with Crippen LogP contribution >= 0.6 is 0 Å². The number of likely N-dealkylation sites (N-methyl/N-ethyl adjacent to an activating group) is 1. The Morgan fingerprint density at radius 2 is 1.76 bits per heavy atom. The van der Waals surface area contributed by atoms with Crippen LogP contribution in [0.3, 0.4) is 0 Å². The second kappa shape index (κ2) is 5.61. The number of nitrogens with two attached hydrogens (primary N) is 1. The zero-order valence-corrected chi connectivity index (χ0v) is 12.2. The summed E-state index contributed by atoms with van der Waals surface area (Å²) in [4.78, 5) is 16.3. The van der Waals surface area contributed by atoms with Crippen LogP contribution in [-0.2, 0) is 0 Å². The molecule has 0 bridgehead atoms. The normalized spacial score (nSPS) is 16.1. The van der Waals surface area contributed by atoms with Crippen LogP contribution in [0, 0.1) is 0 Å². The Morgan fingerprint density at radius 1 is 1.10 bits per heavy atom. The van der Waals surface area contributed by atoms with Crippen molar-refractivity contribution in [2.45, 2.75) is 0 Å². The minimum Gasteiger partial charge on any atom is -0.368 e. The average molecular weight is 284 g/mol. The molecule has 1 aliphatic rings. The molecular weight excluding hydrogens is 264 g/mol. The fourth-order valence-electron chi connectivity index (χ4n) is 2.71. The zero-order valence-electron chi connectivity index (χ0n) is 12.2. The van der Waals surface area contributed by atoms with E-state index in [4.69, 9.17) is 5.73 Å². The maximum Gasteiger partial charge on any atom is 0.250 e. The van der Waals surface area contributed by atoms with Crippen molar-refractivity contribution in [2.75, 3.05) is 38.1 Å². The first kappa shape index (κ1) is 13.7. The lowest BCUT2D eigenvalue weighted by Gasteiger charge is -2.35. The van der Waals surface area contributed by atoms with Crippen LogP contribution in [0.4, 0.5) is 5.69 Å². The highest BCUT2D eigenvalue weighted by molar-refractivity contribution is 5.99. The number of carbonyl (C=O) groups excluding carboxylic acids is 1. The first-order chi connectivity index (χ1) is 10.1. The molecule has 1 fully saturated rings. The fourth-order valence-corrected chi connectivity index (χ4v) is 2.71. The molecule has 0 saturated carbocycles. The highest BCUT2D eigenvalue weighted by Crippen LogP contribution is 2.24. The quantitative estimate of drug-likeness (QED) is 0.925. The van der Waals surface area contributed by atoms with Crippen LogP contribution < -0.4 is 10.6 Å². The summed E-state index contributed by atoms with van der Waals surface area (Å²) in [5, 5.41) is 0. The second-order valence-corrected chi connectivity index (χ2v) is 5.45. The van der Waals surface area contributed by atoms with E-state index < -0.39 is 0 Å². The molecule has 0 spiro atoms. The Kier molecular flexibility index (Phi) is 3.66. The number of carbonyl (C=O) groups is 1. The Bertz CT molecular complexity index is 628. The summed E-state index contributed by atoms with van der Waals surface area (Å²) in [5.74, 6) is -0.377. The van der Waals surface area contributed by atoms with Crippen molar-refractivity contribution in [1.29, 1.82) is 0 Å². The third-order valence-electron chi connectivity index (χ3n) is 3.99. The van der Waals surface area contributed by atoms with Crippen LogP contribution in [0.5, 0.6) is 0 Å². The molecule has 5 heteroatoms. The summed E-state index contributed by atoms with van der Waals surface area (Å²) in [5.41, 5.74) is 8.06. The molecule has 0 atom stereocenters. The van der Waals surface area contributed by atoms with E-state index in [2.05, 4.69) is 16.8 Å². The van der Waals surface area contributed by atoms with Crippen LogP contribution in [0.25, 0.3) is 5.69 Å². The molecule has 1 aromatic carbocycles. The van der Waals surface area contributed by atoms with Gasteiger partial charge in [-0.25, -0.2) is 0 Å². The first-order valence-electron chi connectivity index (χ1n) is 7.16. The highest BCUT2D eigenvalue weighted by Gasteiger charge is 2.19. The molecule has 5 nitrogen and oxygen atoms in total. The van der Waals surface area contributed by atoms with Crippen molar-refractivity contribution >= 4 is 11.6 Å². The van der Waals surface area contributed by atoms with Gasteiger partial charge in [0.1, 0.15) is 0 Å². The predicted octanol–water partition coefficient (Wildman–Crippen LogP) is 1.33. The van der Waals surface area contributed by atoms with Crippen molar-refractivity contribution < 1.29 is 4.79 Å². The summed E-state index contributed by atoms with van der Waals surface area (Å²) in [6.07, 6.45) is 3.91. The number of hydrogen-bond acceptors (Lipinski definition) is 3. The van der Waals surface area contributed by atoms with Gasteiger partial charge in [0.25, 0.3) is 5.91 Å². The van der Waals surface area contributed by atoms with E-state index in [9.17, 15) is 4.79 Å². The van der Waals surface area contributed by atoms with E-state index in [0.29, 0.717) is 5.56 Å². The van der Waals surface area contributed by atoms with E-state index in [1.54, 1.807) is 0 Å². The van der Waals surface area contributed by atoms with Crippen LogP contribution in [0.1, 0.15) is 10.4 Å². The van der Waals surface area contributed by atoms with Crippen molar-refractivity contribution in [2.24, 2.45) is 5.73 Å². The van der Waals surface area contributed by atoms with Gasteiger partial charge in [-0.15, -0.1) is 0 Å². The van der Waals surface area contributed by atoms with Crippen molar-refractivity contribution in [3.05, 3.63) is 48.3 Å². The topological polar surface area (TPSA) is 54.5 Å². The van der Waals surface area contributed by atoms with Gasteiger partial charge >= 0.3 is 0 Å². The predicted molar refractivity (Wildman–Crippen MR) is 84.0 cm³/mol. The Balaban J connectivity index is 1.95. The number of hydrogen-bond donors (Lipinski definition) is 1. The molecule has 1 aromatic heterocycles. The molecule has 110 valence electrons. The van der Waals surface area contributed by atoms with Gasteiger partial charge in [0.2, 0.25) is 0 Å². The van der Waals surface area contributed by atoms with Crippen LogP contribution in [-0.4, -0.2) is 48.6 Å². The third-order valence-corrected chi connectivity index (χ3v) is 3.99. The lowest BCUT2D eigenvalue weighted by atomic mass is 10.1. The van der Waals surface area contributed by atoms with Gasteiger partial charge in [-0.2, -0.15) is 0 Å². The van der Waals surface area contributed by atoms with Gasteiger partial charge in [-0.1, -0.05) is 0 Å². The molecule has 1 saturated heterocycles. The number of rotatable bonds is 3. The Hall–Kier alpha value is -2.27. The molecule has 0 radical (unpaired) electrons. The third kappa shape index (κ3) is 2.78. The maximum atomic E-state index is 11.8. The SMILES string of the molecule is CN1CCN(c2ccc(-n3cccc3)cc2C(N)=O)CC1. The summed E-state index contributed by atoms with van der Waals surface area (Å²) >= 11 is 0. The van der Waals surface area contributed by atoms with Crippen LogP contribution in [0.2, 0.25) is 0 Å². The number of piperazine rings is 1. The largest absolute Gasteiger partial charge is 0.368 e. The molecule has 1 aliphatic heterocycles. The Labute approximate surface area is 124 Å². The van der Waals surface area contributed by atoms with Crippen molar-refractivity contribution in [3.63, 3.8) is 0 Å². The van der Waals surface area contributed by atoms with Crippen LogP contribution in [0.15, 0.2) is 42.7 Å². The van der Waals surface area contributed by atoms with E-state index in [0.717, 1.165) is 37.6 Å². The van der Waals surface area contributed by atoms with E-state index in [1.165, 1.54) is 0 Å². The molecule has 0 unspecified atom stereocenters. The fraction of sp³-hybridized carbons (Fsp3) is 0.312. The minimum atomic E-state index is -0.377. The van der Waals surface area contributed by atoms with E-state index in [1.807, 2.05) is 47.3 Å². The second-order valence-electron chi connectivity index (χ2n) is 5.45. The molecule has 0 aliphatic carbocycles. The van der Waals surface area contributed by atoms with Gasteiger partial charge in [0.05, 0.1) is 5.56 Å². The van der Waals surface area contributed by atoms with E-state index >= 15 is 0 Å². The molecule has 3 rings (SSSR count). The smallest absolute Gasteiger partial charge is 0.250 e. The monoisotopic (exact) mass is 284 g/mol. The molecule has 1 amide bonds. The summed E-state index contributed by atoms with van der Waals surface area (Å²) in [7, 11) is 2.11. The molecule has 2 heterocycles. The summed E-state index contributed by atoms with van der Waals surface area (Å²) < 4.78 is 1.97. The molecule has 2 N–H and O–H groups in total. The molecular formula is C16H20N4O. The zero-order chi connectivity index (χ0) is 14.8. The first-order valence-corrected chi connectivity index (χ1v) is 7.16. The van der Waals surface area contributed by atoms with Gasteiger partial charge in [0.15, 0.2) is 0 Å². The van der Waals surface area contributed by atoms with Gasteiger partial charge in [-0.05, 0) is 37.4 Å². The number of nitrogens with zero attached hydrogens (tertiary/aromatic N) is 3. The standard InChI is InChI=1S/C16H20N4O/c1-18-8-10-20(11-9-18)15-5-4-13(12-14(15)16(17)21)19-6-2-3-7-19/h2-7,12H,8-11H2,1H3,(H2,17,21). The molecule has 21 heavy (non-hydrogen) atoms. The van der Waals surface area contributed by atoms with Crippen molar-refractivity contribution in [1.82, 2.24) is 9.47 Å². The minimum absolute atomic E-state index is 0.377. The number of benzene rings is 1. The lowest BCUT2D eigenvalue weighted by Crippen LogP contribution is -2.45. The van der Waals surface area contributed by atoms with Crippen molar-refractivity contribution in [3.8, 4) is 5.69 Å². The number of primary amides is 1. The van der Waals surface area contributed by atoms with Gasteiger partial charge in [0, 0.05) is 49.9 Å². The highest BCUT2D eigenvalue weighted by atomic mass is 16.1. The number of anilines is 1. The molecule has 2 aromatic rings. The summed E-state index contributed by atoms with van der Waals surface area (Å²) in [6.45, 7) is 3.83. The van der Waals surface area contributed by atoms with E-state index in [-0.39, 0.29) is 5.91 Å². The summed E-state index contributed by atoms with van der Waals surface area (Å²) in [6, 6.07) is 9.81. The van der Waals surface area contributed by atoms with Gasteiger partial charge < -0.3 is 20.1 Å². The number of aromatic nitrogens is 1. The number of amides is 1. The average Bonchev–Trinajstić information content (AvgIpc) is 3.02. The lowest BCUT2D eigenvalue weighted by molar-refractivity contribution is 0.100. The Morgan fingerprint density at radius 3 is 2.38 bits per heavy atom. The maximum absolute atomic E-state index is 11.8.